The van der Waals surface area contributed by atoms with Crippen molar-refractivity contribution in [3.8, 4) is 0 Å². The molecule has 0 heterocycles. The van der Waals surface area contributed by atoms with Crippen LogP contribution in [0.1, 0.15) is 40.0 Å². The van der Waals surface area contributed by atoms with Gasteiger partial charge < -0.3 is 15.7 Å². The van der Waals surface area contributed by atoms with Crippen molar-refractivity contribution < 1.29 is 9.90 Å². The Morgan fingerprint density at radius 2 is 1.94 bits per heavy atom. The van der Waals surface area contributed by atoms with E-state index in [9.17, 15) is 9.90 Å². The maximum Gasteiger partial charge on any atom is 0.233 e. The molecule has 1 saturated carbocycles. The highest BCUT2D eigenvalue weighted by atomic mass is 16.3. The fourth-order valence-corrected chi connectivity index (χ4v) is 2.28. The van der Waals surface area contributed by atoms with E-state index < -0.39 is 0 Å². The molecule has 4 heteroatoms. The number of aliphatic hydroxyl groups excluding tert-OH is 1. The van der Waals surface area contributed by atoms with Crippen molar-refractivity contribution in [1.29, 1.82) is 0 Å². The van der Waals surface area contributed by atoms with Crippen LogP contribution in [0.2, 0.25) is 0 Å². The summed E-state index contributed by atoms with van der Waals surface area (Å²) >= 11 is 0. The van der Waals surface area contributed by atoms with Crippen LogP contribution in [0, 0.1) is 11.8 Å². The van der Waals surface area contributed by atoms with Gasteiger partial charge in [-0.05, 0) is 45.4 Å². The first-order valence-electron chi connectivity index (χ1n) is 6.55. The molecule has 0 bridgehead atoms. The smallest absolute Gasteiger partial charge is 0.233 e. The van der Waals surface area contributed by atoms with Crippen LogP contribution in [-0.2, 0) is 4.79 Å². The Labute approximate surface area is 104 Å². The average Bonchev–Trinajstić information content (AvgIpc) is 2.69. The molecule has 1 aliphatic rings. The summed E-state index contributed by atoms with van der Waals surface area (Å²) in [6, 6.07) is 0. The van der Waals surface area contributed by atoms with Crippen molar-refractivity contribution in [1.82, 2.24) is 10.6 Å². The van der Waals surface area contributed by atoms with Gasteiger partial charge in [0.2, 0.25) is 5.91 Å². The van der Waals surface area contributed by atoms with Crippen LogP contribution < -0.4 is 10.6 Å². The quantitative estimate of drug-likeness (QED) is 0.671. The highest BCUT2D eigenvalue weighted by Crippen LogP contribution is 2.30. The lowest BCUT2D eigenvalue weighted by atomic mass is 9.97. The minimum atomic E-state index is -0.0294. The van der Waals surface area contributed by atoms with Crippen LogP contribution in [0.15, 0.2) is 0 Å². The minimum Gasteiger partial charge on any atom is -0.396 e. The molecule has 17 heavy (non-hydrogen) atoms. The first-order chi connectivity index (χ1) is 7.92. The lowest BCUT2D eigenvalue weighted by Crippen LogP contribution is -2.44. The Balaban J connectivity index is 2.19. The molecule has 0 aromatic heterocycles. The zero-order valence-corrected chi connectivity index (χ0v) is 11.3. The normalized spacial score (nSPS) is 24.9. The van der Waals surface area contributed by atoms with Crippen molar-refractivity contribution >= 4 is 5.91 Å². The topological polar surface area (TPSA) is 61.4 Å². The van der Waals surface area contributed by atoms with E-state index in [2.05, 4.69) is 10.6 Å². The molecule has 1 aliphatic carbocycles. The van der Waals surface area contributed by atoms with E-state index in [0.29, 0.717) is 24.9 Å². The van der Waals surface area contributed by atoms with Crippen LogP contribution in [0.5, 0.6) is 0 Å². The van der Waals surface area contributed by atoms with Gasteiger partial charge in [0.15, 0.2) is 0 Å². The van der Waals surface area contributed by atoms with Gasteiger partial charge in [-0.3, -0.25) is 4.79 Å². The zero-order valence-electron chi connectivity index (χ0n) is 11.3. The van der Waals surface area contributed by atoms with Crippen LogP contribution in [-0.4, -0.2) is 36.2 Å². The molecule has 0 saturated heterocycles. The van der Waals surface area contributed by atoms with E-state index >= 15 is 0 Å². The van der Waals surface area contributed by atoms with Crippen LogP contribution >= 0.6 is 0 Å². The highest BCUT2D eigenvalue weighted by Gasteiger charge is 2.26. The SMILES string of the molecule is CC(C)(C)NCC(=O)NCC1CCCC1CO. The minimum absolute atomic E-state index is 0.0294. The third kappa shape index (κ3) is 5.50. The first-order valence-corrected chi connectivity index (χ1v) is 6.55. The fraction of sp³-hybridized carbons (Fsp3) is 0.923. The van der Waals surface area contributed by atoms with Crippen LogP contribution in [0.4, 0.5) is 0 Å². The van der Waals surface area contributed by atoms with Gasteiger partial charge in [0, 0.05) is 18.7 Å². The van der Waals surface area contributed by atoms with E-state index in [0.717, 1.165) is 12.8 Å². The molecule has 0 spiro atoms. The van der Waals surface area contributed by atoms with E-state index in [1.165, 1.54) is 6.42 Å². The molecular weight excluding hydrogens is 216 g/mol. The van der Waals surface area contributed by atoms with E-state index in [4.69, 9.17) is 0 Å². The van der Waals surface area contributed by atoms with Crippen LogP contribution in [0.25, 0.3) is 0 Å². The summed E-state index contributed by atoms with van der Waals surface area (Å²) in [6.07, 6.45) is 3.39. The average molecular weight is 242 g/mol. The number of aliphatic hydroxyl groups is 1. The highest BCUT2D eigenvalue weighted by molar-refractivity contribution is 5.78. The summed E-state index contributed by atoms with van der Waals surface area (Å²) in [5.41, 5.74) is -0.0294. The largest absolute Gasteiger partial charge is 0.396 e. The summed E-state index contributed by atoms with van der Waals surface area (Å²) in [5.74, 6) is 0.882. The summed E-state index contributed by atoms with van der Waals surface area (Å²) in [7, 11) is 0. The summed E-state index contributed by atoms with van der Waals surface area (Å²) in [6.45, 7) is 7.44. The lowest BCUT2D eigenvalue weighted by molar-refractivity contribution is -0.120. The van der Waals surface area contributed by atoms with Crippen molar-refractivity contribution in [3.63, 3.8) is 0 Å². The Hall–Kier alpha value is -0.610. The number of hydrogen-bond acceptors (Lipinski definition) is 3. The number of hydrogen-bond donors (Lipinski definition) is 3. The third-order valence-electron chi connectivity index (χ3n) is 3.39. The fourth-order valence-electron chi connectivity index (χ4n) is 2.28. The summed E-state index contributed by atoms with van der Waals surface area (Å²) in [4.78, 5) is 11.6. The maximum atomic E-state index is 11.6. The second-order valence-electron chi connectivity index (χ2n) is 6.04. The Morgan fingerprint density at radius 1 is 1.29 bits per heavy atom. The second-order valence-corrected chi connectivity index (χ2v) is 6.04. The van der Waals surface area contributed by atoms with Crippen molar-refractivity contribution in [3.05, 3.63) is 0 Å². The third-order valence-corrected chi connectivity index (χ3v) is 3.39. The predicted octanol–water partition coefficient (Wildman–Crippen LogP) is 0.899. The van der Waals surface area contributed by atoms with Crippen LogP contribution in [0.3, 0.4) is 0 Å². The van der Waals surface area contributed by atoms with E-state index in [1.54, 1.807) is 0 Å². The standard InChI is InChI=1S/C13H26N2O2/c1-13(2,3)15-8-12(17)14-7-10-5-4-6-11(10)9-16/h10-11,15-16H,4-9H2,1-3H3,(H,14,17). The van der Waals surface area contributed by atoms with Gasteiger partial charge in [-0.2, -0.15) is 0 Å². The number of nitrogens with one attached hydrogen (secondary N) is 2. The van der Waals surface area contributed by atoms with E-state index in [-0.39, 0.29) is 18.1 Å². The predicted molar refractivity (Wildman–Crippen MR) is 68.7 cm³/mol. The molecular formula is C13H26N2O2. The molecule has 1 amide bonds. The molecule has 1 rings (SSSR count). The molecule has 0 aliphatic heterocycles. The lowest BCUT2D eigenvalue weighted by Gasteiger charge is -2.21. The Kier molecular flexibility index (Phi) is 5.40. The Morgan fingerprint density at radius 3 is 2.53 bits per heavy atom. The van der Waals surface area contributed by atoms with Gasteiger partial charge in [0.25, 0.3) is 0 Å². The molecule has 100 valence electrons. The van der Waals surface area contributed by atoms with Gasteiger partial charge >= 0.3 is 0 Å². The molecule has 2 atom stereocenters. The molecule has 0 aromatic rings. The van der Waals surface area contributed by atoms with Gasteiger partial charge in [-0.15, -0.1) is 0 Å². The van der Waals surface area contributed by atoms with Gasteiger partial charge in [-0.1, -0.05) is 6.42 Å². The monoisotopic (exact) mass is 242 g/mol. The van der Waals surface area contributed by atoms with Crippen molar-refractivity contribution in [2.45, 2.75) is 45.6 Å². The zero-order chi connectivity index (χ0) is 12.9. The summed E-state index contributed by atoms with van der Waals surface area (Å²) < 4.78 is 0. The van der Waals surface area contributed by atoms with Crippen molar-refractivity contribution in [2.75, 3.05) is 19.7 Å². The van der Waals surface area contributed by atoms with Gasteiger partial charge in [0.1, 0.15) is 0 Å². The van der Waals surface area contributed by atoms with Gasteiger partial charge in [0.05, 0.1) is 6.54 Å². The van der Waals surface area contributed by atoms with E-state index in [1.807, 2.05) is 20.8 Å². The molecule has 2 unspecified atom stereocenters. The van der Waals surface area contributed by atoms with Crippen molar-refractivity contribution in [2.24, 2.45) is 11.8 Å². The first kappa shape index (κ1) is 14.5. The summed E-state index contributed by atoms with van der Waals surface area (Å²) in [5, 5.41) is 15.3. The molecule has 0 aromatic carbocycles. The second kappa shape index (κ2) is 6.36. The number of carbonyl (C=O) groups excluding carboxylic acids is 1. The Bertz CT molecular complexity index is 248. The number of carbonyl (C=O) groups is 1. The molecule has 0 radical (unpaired) electrons. The number of amides is 1. The molecule has 4 nitrogen and oxygen atoms in total. The maximum absolute atomic E-state index is 11.6. The van der Waals surface area contributed by atoms with Gasteiger partial charge in [-0.25, -0.2) is 0 Å². The number of rotatable bonds is 5. The molecule has 1 fully saturated rings. The molecule has 3 N–H and O–H groups in total.